The number of rotatable bonds is 4. The molecule has 9 nitrogen and oxygen atoms in total. The summed E-state index contributed by atoms with van der Waals surface area (Å²) in [6.45, 7) is 3.94. The molecule has 0 spiro atoms. The Morgan fingerprint density at radius 3 is 2.63 bits per heavy atom. The number of anilines is 1. The zero-order valence-electron chi connectivity index (χ0n) is 17.1. The van der Waals surface area contributed by atoms with Crippen molar-refractivity contribution in [2.24, 2.45) is 0 Å². The first-order chi connectivity index (χ1) is 14.6. The van der Waals surface area contributed by atoms with Gasteiger partial charge in [0.15, 0.2) is 11.6 Å². The van der Waals surface area contributed by atoms with E-state index in [1.165, 1.54) is 0 Å². The Labute approximate surface area is 173 Å². The first-order valence-corrected chi connectivity index (χ1v) is 10.3. The first-order valence-electron chi connectivity index (χ1n) is 10.3. The monoisotopic (exact) mass is 404 g/mol. The molecule has 4 aromatic rings. The average Bonchev–Trinajstić information content (AvgIpc) is 3.36. The second-order valence-corrected chi connectivity index (χ2v) is 7.90. The Balaban J connectivity index is 1.32. The lowest BCUT2D eigenvalue weighted by Crippen LogP contribution is -2.34. The fraction of sp³-hybridized carbons (Fsp3) is 0.381. The highest BCUT2D eigenvalue weighted by Gasteiger charge is 2.25. The van der Waals surface area contributed by atoms with Crippen molar-refractivity contribution in [2.75, 3.05) is 5.32 Å². The van der Waals surface area contributed by atoms with Gasteiger partial charge in [0.25, 0.3) is 5.56 Å². The fourth-order valence-corrected chi connectivity index (χ4v) is 4.28. The molecule has 0 unspecified atom stereocenters. The summed E-state index contributed by atoms with van der Waals surface area (Å²) in [5.74, 6) is 1.53. The number of hydrogen-bond acceptors (Lipinski definition) is 6. The van der Waals surface area contributed by atoms with Crippen molar-refractivity contribution >= 4 is 11.3 Å². The van der Waals surface area contributed by atoms with Crippen molar-refractivity contribution in [1.82, 2.24) is 34.2 Å². The molecule has 1 fully saturated rings. The van der Waals surface area contributed by atoms with Crippen molar-refractivity contribution in [1.29, 1.82) is 0 Å². The van der Waals surface area contributed by atoms with Gasteiger partial charge in [0, 0.05) is 30.2 Å². The lowest BCUT2D eigenvalue weighted by Gasteiger charge is -2.30. The Bertz CT molecular complexity index is 1250. The number of nitrogens with zero attached hydrogens (tertiary/aromatic N) is 7. The molecule has 1 aliphatic rings. The number of nitrogens with one attached hydrogen (secondary N) is 1. The molecule has 0 bridgehead atoms. The third kappa shape index (κ3) is 3.36. The summed E-state index contributed by atoms with van der Waals surface area (Å²) in [6.07, 6.45) is 9.01. The molecular weight excluding hydrogens is 380 g/mol. The van der Waals surface area contributed by atoms with Crippen molar-refractivity contribution in [3.63, 3.8) is 0 Å². The topological polar surface area (TPSA) is 94.9 Å². The summed E-state index contributed by atoms with van der Waals surface area (Å²) in [5.41, 5.74) is 2.83. The molecule has 0 aromatic carbocycles. The van der Waals surface area contributed by atoms with E-state index in [1.54, 1.807) is 33.9 Å². The summed E-state index contributed by atoms with van der Waals surface area (Å²) in [4.78, 5) is 17.0. The van der Waals surface area contributed by atoms with E-state index in [2.05, 4.69) is 25.6 Å². The summed E-state index contributed by atoms with van der Waals surface area (Å²) in [6, 6.07) is 7.69. The van der Waals surface area contributed by atoms with Crippen LogP contribution in [0.15, 0.2) is 47.7 Å². The Morgan fingerprint density at radius 1 is 1.03 bits per heavy atom. The van der Waals surface area contributed by atoms with E-state index < -0.39 is 0 Å². The van der Waals surface area contributed by atoms with Crippen LogP contribution in [0.5, 0.6) is 0 Å². The molecule has 1 aliphatic carbocycles. The van der Waals surface area contributed by atoms with E-state index in [-0.39, 0.29) is 11.6 Å². The van der Waals surface area contributed by atoms with Gasteiger partial charge in [0.05, 0.1) is 17.9 Å². The maximum Gasteiger partial charge on any atom is 0.267 e. The maximum absolute atomic E-state index is 12.5. The molecule has 0 aliphatic heterocycles. The van der Waals surface area contributed by atoms with Crippen molar-refractivity contribution in [3.05, 3.63) is 64.6 Å². The molecule has 5 rings (SSSR count). The molecule has 4 heterocycles. The van der Waals surface area contributed by atoms with Gasteiger partial charge in [-0.25, -0.2) is 18.9 Å². The number of aryl methyl sites for hydroxylation is 2. The molecule has 0 amide bonds. The van der Waals surface area contributed by atoms with Gasteiger partial charge < -0.3 is 5.32 Å². The van der Waals surface area contributed by atoms with Crippen LogP contribution in [0.2, 0.25) is 0 Å². The van der Waals surface area contributed by atoms with Gasteiger partial charge >= 0.3 is 0 Å². The molecule has 0 saturated heterocycles. The third-order valence-electron chi connectivity index (χ3n) is 5.75. The lowest BCUT2D eigenvalue weighted by atomic mass is 9.91. The molecule has 1 saturated carbocycles. The highest BCUT2D eigenvalue weighted by atomic mass is 16.1. The van der Waals surface area contributed by atoms with E-state index in [9.17, 15) is 4.79 Å². The van der Waals surface area contributed by atoms with E-state index >= 15 is 0 Å². The van der Waals surface area contributed by atoms with Crippen LogP contribution in [0, 0.1) is 13.8 Å². The normalized spacial score (nSPS) is 19.3. The second kappa shape index (κ2) is 7.40. The Kier molecular flexibility index (Phi) is 4.57. The fourth-order valence-electron chi connectivity index (χ4n) is 4.28. The van der Waals surface area contributed by atoms with Crippen molar-refractivity contribution in [2.45, 2.75) is 51.6 Å². The van der Waals surface area contributed by atoms with Crippen molar-refractivity contribution in [3.8, 4) is 5.82 Å². The molecule has 154 valence electrons. The standard InChI is InChI=1S/C21H24N8O/c1-14-13-15(2)28(25-14)19-7-8-20(30)29(26-19)17-5-3-16(4-6-17)24-21-18-9-10-23-27(18)12-11-22-21/h7-13,16-17H,3-6H2,1-2H3,(H,22,24). The van der Waals surface area contributed by atoms with Crippen LogP contribution in [-0.4, -0.2) is 40.2 Å². The minimum atomic E-state index is -0.0672. The summed E-state index contributed by atoms with van der Waals surface area (Å²) < 4.78 is 5.24. The van der Waals surface area contributed by atoms with Crippen LogP contribution in [-0.2, 0) is 0 Å². The highest BCUT2D eigenvalue weighted by molar-refractivity contribution is 5.67. The SMILES string of the molecule is Cc1cc(C)n(-c2ccc(=O)n(C3CCC(Nc4nccn5nccc45)CC3)n2)n1. The predicted molar refractivity (Wildman–Crippen MR) is 113 cm³/mol. The number of fused-ring (bicyclic) bond motifs is 1. The minimum absolute atomic E-state index is 0.0672. The third-order valence-corrected chi connectivity index (χ3v) is 5.75. The van der Waals surface area contributed by atoms with Gasteiger partial charge in [-0.15, -0.1) is 5.10 Å². The quantitative estimate of drug-likeness (QED) is 0.562. The van der Waals surface area contributed by atoms with Gasteiger partial charge in [-0.05, 0) is 57.7 Å². The minimum Gasteiger partial charge on any atom is -0.366 e. The highest BCUT2D eigenvalue weighted by Crippen LogP contribution is 2.29. The molecule has 4 aromatic heterocycles. The molecule has 30 heavy (non-hydrogen) atoms. The summed E-state index contributed by atoms with van der Waals surface area (Å²) in [5, 5.41) is 16.9. The Hall–Kier alpha value is -3.49. The summed E-state index contributed by atoms with van der Waals surface area (Å²) >= 11 is 0. The molecule has 0 radical (unpaired) electrons. The van der Waals surface area contributed by atoms with Crippen LogP contribution in [0.25, 0.3) is 11.3 Å². The van der Waals surface area contributed by atoms with Gasteiger partial charge in [0.1, 0.15) is 5.52 Å². The first kappa shape index (κ1) is 18.5. The van der Waals surface area contributed by atoms with E-state index in [4.69, 9.17) is 0 Å². The van der Waals surface area contributed by atoms with Crippen LogP contribution in [0.4, 0.5) is 5.82 Å². The number of hydrogen-bond donors (Lipinski definition) is 1. The summed E-state index contributed by atoms with van der Waals surface area (Å²) in [7, 11) is 0. The van der Waals surface area contributed by atoms with Crippen LogP contribution >= 0.6 is 0 Å². The van der Waals surface area contributed by atoms with Crippen LogP contribution in [0.1, 0.15) is 43.1 Å². The lowest BCUT2D eigenvalue weighted by molar-refractivity contribution is 0.302. The van der Waals surface area contributed by atoms with E-state index in [0.717, 1.165) is 48.4 Å². The second-order valence-electron chi connectivity index (χ2n) is 7.90. The number of aromatic nitrogens is 7. The predicted octanol–water partition coefficient (Wildman–Crippen LogP) is 2.68. The van der Waals surface area contributed by atoms with E-state index in [0.29, 0.717) is 11.9 Å². The zero-order valence-corrected chi connectivity index (χ0v) is 17.1. The largest absolute Gasteiger partial charge is 0.366 e. The van der Waals surface area contributed by atoms with Crippen LogP contribution in [0.3, 0.4) is 0 Å². The van der Waals surface area contributed by atoms with Gasteiger partial charge in [-0.2, -0.15) is 10.2 Å². The van der Waals surface area contributed by atoms with Crippen molar-refractivity contribution < 1.29 is 0 Å². The molecule has 9 heteroatoms. The van der Waals surface area contributed by atoms with Gasteiger partial charge in [-0.3, -0.25) is 4.79 Å². The van der Waals surface area contributed by atoms with Crippen LogP contribution < -0.4 is 10.9 Å². The van der Waals surface area contributed by atoms with E-state index in [1.807, 2.05) is 36.7 Å². The smallest absolute Gasteiger partial charge is 0.267 e. The average molecular weight is 404 g/mol. The van der Waals surface area contributed by atoms with Gasteiger partial charge in [0.2, 0.25) is 0 Å². The Morgan fingerprint density at radius 2 is 1.87 bits per heavy atom. The molecular formula is C21H24N8O. The maximum atomic E-state index is 12.5. The molecule has 0 atom stereocenters. The van der Waals surface area contributed by atoms with Gasteiger partial charge in [-0.1, -0.05) is 0 Å². The molecule has 1 N–H and O–H groups in total. The zero-order chi connectivity index (χ0) is 20.7.